The highest BCUT2D eigenvalue weighted by atomic mass is 16.5. The molecule has 2 aromatic carbocycles. The van der Waals surface area contributed by atoms with Gasteiger partial charge in [-0.1, -0.05) is 30.3 Å². The molecule has 0 radical (unpaired) electrons. The Labute approximate surface area is 163 Å². The van der Waals surface area contributed by atoms with Crippen LogP contribution in [0, 0.1) is 0 Å². The Morgan fingerprint density at radius 1 is 1.21 bits per heavy atom. The van der Waals surface area contributed by atoms with E-state index in [-0.39, 0.29) is 23.3 Å². The number of likely N-dealkylation sites (tertiary alicyclic amines) is 1. The molecule has 6 nitrogen and oxygen atoms in total. The number of hydrogen-bond donors (Lipinski definition) is 2. The number of carbonyl (C=O) groups is 1. The predicted molar refractivity (Wildman–Crippen MR) is 106 cm³/mol. The first-order valence-corrected chi connectivity index (χ1v) is 9.45. The number of H-pyrrole nitrogens is 1. The van der Waals surface area contributed by atoms with Crippen molar-refractivity contribution >= 4 is 5.91 Å². The van der Waals surface area contributed by atoms with Crippen molar-refractivity contribution < 1.29 is 14.6 Å². The molecule has 144 valence electrons. The molecular formula is C22H23N3O3. The Hall–Kier alpha value is -3.28. The average Bonchev–Trinajstić information content (AvgIpc) is 3.24. The Kier molecular flexibility index (Phi) is 5.02. The molecule has 4 rings (SSSR count). The number of piperidine rings is 1. The molecule has 1 aromatic heterocycles. The lowest BCUT2D eigenvalue weighted by Crippen LogP contribution is -2.39. The second-order valence-corrected chi connectivity index (χ2v) is 6.94. The van der Waals surface area contributed by atoms with Crippen molar-refractivity contribution in [2.75, 3.05) is 13.7 Å². The van der Waals surface area contributed by atoms with Crippen LogP contribution in [0.15, 0.2) is 54.7 Å². The fourth-order valence-electron chi connectivity index (χ4n) is 3.70. The Morgan fingerprint density at radius 3 is 2.82 bits per heavy atom. The minimum absolute atomic E-state index is 0.0421. The van der Waals surface area contributed by atoms with Crippen LogP contribution in [-0.4, -0.2) is 39.5 Å². The molecule has 28 heavy (non-hydrogen) atoms. The van der Waals surface area contributed by atoms with Crippen LogP contribution in [0.2, 0.25) is 0 Å². The number of amides is 1. The number of phenolic OH excluding ortho intramolecular Hbond substituents is 1. The van der Waals surface area contributed by atoms with Gasteiger partial charge in [-0.2, -0.15) is 0 Å². The molecule has 1 aliphatic heterocycles. The zero-order valence-corrected chi connectivity index (χ0v) is 15.8. The molecule has 1 aliphatic rings. The molecule has 1 saturated heterocycles. The number of benzene rings is 2. The van der Waals surface area contributed by atoms with Crippen molar-refractivity contribution in [1.82, 2.24) is 14.9 Å². The monoisotopic (exact) mass is 377 g/mol. The average molecular weight is 377 g/mol. The summed E-state index contributed by atoms with van der Waals surface area (Å²) in [6, 6.07) is 14.6. The third-order valence-corrected chi connectivity index (χ3v) is 5.19. The Bertz CT molecular complexity index is 968. The van der Waals surface area contributed by atoms with Gasteiger partial charge in [-0.25, -0.2) is 4.98 Å². The highest BCUT2D eigenvalue weighted by Crippen LogP contribution is 2.34. The second-order valence-electron chi connectivity index (χ2n) is 6.94. The lowest BCUT2D eigenvalue weighted by molar-refractivity contribution is 0.0597. The zero-order chi connectivity index (χ0) is 19.5. The third-order valence-electron chi connectivity index (χ3n) is 5.19. The Morgan fingerprint density at radius 2 is 2.04 bits per heavy atom. The van der Waals surface area contributed by atoms with Crippen LogP contribution >= 0.6 is 0 Å². The number of aromatic hydroxyl groups is 1. The van der Waals surface area contributed by atoms with Crippen molar-refractivity contribution in [2.45, 2.75) is 25.3 Å². The van der Waals surface area contributed by atoms with Crippen LogP contribution in [0.1, 0.15) is 41.5 Å². The topological polar surface area (TPSA) is 78.5 Å². The number of imidazole rings is 1. The first-order valence-electron chi connectivity index (χ1n) is 9.45. The van der Waals surface area contributed by atoms with Crippen molar-refractivity contribution in [3.05, 3.63) is 66.1 Å². The summed E-state index contributed by atoms with van der Waals surface area (Å²) < 4.78 is 5.21. The van der Waals surface area contributed by atoms with Crippen LogP contribution in [0.5, 0.6) is 11.5 Å². The fourth-order valence-corrected chi connectivity index (χ4v) is 3.70. The smallest absolute Gasteiger partial charge is 0.258 e. The molecule has 0 aliphatic carbocycles. The lowest BCUT2D eigenvalue weighted by atomic mass is 10.00. The number of rotatable bonds is 4. The normalized spacial score (nSPS) is 16.8. The van der Waals surface area contributed by atoms with Gasteiger partial charge in [0.1, 0.15) is 17.3 Å². The predicted octanol–water partition coefficient (Wildman–Crippen LogP) is 4.16. The van der Waals surface area contributed by atoms with Gasteiger partial charge in [0.05, 0.1) is 30.6 Å². The van der Waals surface area contributed by atoms with E-state index in [4.69, 9.17) is 4.74 Å². The second kappa shape index (κ2) is 7.76. The summed E-state index contributed by atoms with van der Waals surface area (Å²) in [6.45, 7) is 0.627. The highest BCUT2D eigenvalue weighted by Gasteiger charge is 2.32. The summed E-state index contributed by atoms with van der Waals surface area (Å²) in [4.78, 5) is 23.0. The van der Waals surface area contributed by atoms with Crippen LogP contribution in [0.4, 0.5) is 0 Å². The first kappa shape index (κ1) is 18.1. The number of aromatic amines is 1. The number of nitrogens with one attached hydrogen (secondary N) is 1. The van der Waals surface area contributed by atoms with Crippen molar-refractivity contribution in [3.8, 4) is 22.8 Å². The number of aromatic nitrogens is 2. The molecule has 0 spiro atoms. The summed E-state index contributed by atoms with van der Waals surface area (Å²) in [5.74, 6) is 1.06. The minimum atomic E-state index is -0.209. The van der Waals surface area contributed by atoms with Crippen LogP contribution in [-0.2, 0) is 0 Å². The van der Waals surface area contributed by atoms with E-state index in [0.717, 1.165) is 36.3 Å². The van der Waals surface area contributed by atoms with Gasteiger partial charge >= 0.3 is 0 Å². The van der Waals surface area contributed by atoms with E-state index in [1.165, 1.54) is 13.2 Å². The largest absolute Gasteiger partial charge is 0.507 e. The van der Waals surface area contributed by atoms with Gasteiger partial charge < -0.3 is 19.7 Å². The summed E-state index contributed by atoms with van der Waals surface area (Å²) in [5.41, 5.74) is 2.24. The molecule has 2 heterocycles. The van der Waals surface area contributed by atoms with Gasteiger partial charge in [0.15, 0.2) is 0 Å². The highest BCUT2D eigenvalue weighted by molar-refractivity contribution is 5.97. The van der Waals surface area contributed by atoms with Crippen molar-refractivity contribution in [1.29, 1.82) is 0 Å². The number of phenols is 1. The summed E-state index contributed by atoms with van der Waals surface area (Å²) in [6.07, 6.45) is 4.60. The molecule has 0 bridgehead atoms. The molecule has 6 heteroatoms. The number of ether oxygens (including phenoxy) is 1. The SMILES string of the molecule is COc1ccc(O)c(C(=O)N2CCCC[C@H]2c2ncc(-c3ccccc3)[nH]2)c1. The van der Waals surface area contributed by atoms with Crippen LogP contribution in [0.3, 0.4) is 0 Å². The van der Waals surface area contributed by atoms with E-state index in [1.54, 1.807) is 17.0 Å². The minimum Gasteiger partial charge on any atom is -0.507 e. The number of nitrogens with zero attached hydrogens (tertiary/aromatic N) is 2. The summed E-state index contributed by atoms with van der Waals surface area (Å²) >= 11 is 0. The van der Waals surface area contributed by atoms with Gasteiger partial charge in [-0.05, 0) is 43.0 Å². The van der Waals surface area contributed by atoms with E-state index >= 15 is 0 Å². The number of carbonyl (C=O) groups excluding carboxylic acids is 1. The molecular weight excluding hydrogens is 354 g/mol. The van der Waals surface area contributed by atoms with E-state index in [9.17, 15) is 9.90 Å². The van der Waals surface area contributed by atoms with Gasteiger partial charge in [-0.3, -0.25) is 4.79 Å². The zero-order valence-electron chi connectivity index (χ0n) is 15.8. The number of hydrogen-bond acceptors (Lipinski definition) is 4. The van der Waals surface area contributed by atoms with E-state index in [1.807, 2.05) is 36.5 Å². The molecule has 1 amide bonds. The van der Waals surface area contributed by atoms with Crippen molar-refractivity contribution in [2.24, 2.45) is 0 Å². The fraction of sp³-hybridized carbons (Fsp3) is 0.273. The van der Waals surface area contributed by atoms with Gasteiger partial charge in [0.25, 0.3) is 5.91 Å². The van der Waals surface area contributed by atoms with Crippen LogP contribution < -0.4 is 4.74 Å². The van der Waals surface area contributed by atoms with Gasteiger partial charge in [-0.15, -0.1) is 0 Å². The molecule has 3 aromatic rings. The van der Waals surface area contributed by atoms with Crippen LogP contribution in [0.25, 0.3) is 11.3 Å². The summed E-state index contributed by atoms with van der Waals surface area (Å²) in [5, 5.41) is 10.2. The molecule has 0 saturated carbocycles. The number of methoxy groups -OCH3 is 1. The molecule has 0 unspecified atom stereocenters. The third kappa shape index (κ3) is 3.45. The maximum Gasteiger partial charge on any atom is 0.258 e. The van der Waals surface area contributed by atoms with E-state index < -0.39 is 0 Å². The van der Waals surface area contributed by atoms with Crippen molar-refractivity contribution in [3.63, 3.8) is 0 Å². The van der Waals surface area contributed by atoms with Gasteiger partial charge in [0, 0.05) is 6.54 Å². The maximum atomic E-state index is 13.2. The standard InChI is InChI=1S/C22H23N3O3/c1-28-16-10-11-20(26)17(13-16)22(27)25-12-6-5-9-19(25)21-23-14-18(24-21)15-7-3-2-4-8-15/h2-4,7-8,10-11,13-14,19,26H,5-6,9,12H2,1H3,(H,23,24)/t19-/m0/s1. The summed E-state index contributed by atoms with van der Waals surface area (Å²) in [7, 11) is 1.54. The molecule has 1 fully saturated rings. The quantitative estimate of drug-likeness (QED) is 0.716. The van der Waals surface area contributed by atoms with Gasteiger partial charge in [0.2, 0.25) is 0 Å². The maximum absolute atomic E-state index is 13.2. The molecule has 2 N–H and O–H groups in total. The Balaban J connectivity index is 1.64. The van der Waals surface area contributed by atoms with E-state index in [2.05, 4.69) is 9.97 Å². The molecule has 1 atom stereocenters. The van der Waals surface area contributed by atoms with E-state index in [0.29, 0.717) is 12.3 Å². The lowest BCUT2D eigenvalue weighted by Gasteiger charge is -2.34. The first-order chi connectivity index (χ1) is 13.7.